The summed E-state index contributed by atoms with van der Waals surface area (Å²) in [6, 6.07) is 3.13. The molecule has 4 nitrogen and oxygen atoms in total. The Labute approximate surface area is 63.5 Å². The number of aromatic nitrogens is 1. The van der Waals surface area contributed by atoms with Gasteiger partial charge in [0.2, 0.25) is 0 Å². The summed E-state index contributed by atoms with van der Waals surface area (Å²) in [5, 5.41) is 8.45. The predicted molar refractivity (Wildman–Crippen MR) is 40.8 cm³/mol. The Kier molecular flexibility index (Phi) is 1.65. The van der Waals surface area contributed by atoms with E-state index in [4.69, 9.17) is 11.0 Å². The van der Waals surface area contributed by atoms with Crippen molar-refractivity contribution in [2.75, 3.05) is 5.73 Å². The van der Waals surface area contributed by atoms with Crippen LogP contribution in [0.15, 0.2) is 17.1 Å². The summed E-state index contributed by atoms with van der Waals surface area (Å²) < 4.78 is 1.29. The van der Waals surface area contributed by atoms with Crippen LogP contribution in [0.1, 0.15) is 5.56 Å². The quantitative estimate of drug-likeness (QED) is 0.557. The number of anilines is 1. The minimum atomic E-state index is -0.318. The molecule has 0 atom stereocenters. The monoisotopic (exact) mass is 149 g/mol. The van der Waals surface area contributed by atoms with Gasteiger partial charge in [0.05, 0.1) is 0 Å². The molecular formula is C7H7N3O. The lowest BCUT2D eigenvalue weighted by molar-refractivity contribution is 0.858. The number of rotatable bonds is 0. The van der Waals surface area contributed by atoms with E-state index in [-0.39, 0.29) is 11.1 Å². The fourth-order valence-electron chi connectivity index (χ4n) is 0.818. The third kappa shape index (κ3) is 1.22. The summed E-state index contributed by atoms with van der Waals surface area (Å²) in [6.07, 6.45) is 1.48. The maximum atomic E-state index is 11.0. The number of nitrogen functional groups attached to an aromatic ring is 1. The first-order valence-electron chi connectivity index (χ1n) is 3.01. The highest BCUT2D eigenvalue weighted by atomic mass is 16.1. The largest absolute Gasteiger partial charge is 0.398 e. The lowest BCUT2D eigenvalue weighted by atomic mass is 10.3. The van der Waals surface area contributed by atoms with Gasteiger partial charge in [-0.2, -0.15) is 5.26 Å². The van der Waals surface area contributed by atoms with Crippen LogP contribution < -0.4 is 11.3 Å². The lowest BCUT2D eigenvalue weighted by Gasteiger charge is -1.98. The average molecular weight is 149 g/mol. The highest BCUT2D eigenvalue weighted by Gasteiger charge is 1.99. The number of hydrogen-bond acceptors (Lipinski definition) is 3. The molecule has 0 bridgehead atoms. The standard InChI is InChI=1S/C7H7N3O/c1-10-4-6(9)2-5(3-8)7(10)11/h2,4H,9H2,1H3. The second kappa shape index (κ2) is 2.46. The molecule has 0 radical (unpaired) electrons. The lowest BCUT2D eigenvalue weighted by Crippen LogP contribution is -2.19. The van der Waals surface area contributed by atoms with Crippen LogP contribution >= 0.6 is 0 Å². The number of hydrogen-bond donors (Lipinski definition) is 1. The molecule has 1 heterocycles. The average Bonchev–Trinajstić information content (AvgIpc) is 1.96. The van der Waals surface area contributed by atoms with E-state index in [0.717, 1.165) is 0 Å². The van der Waals surface area contributed by atoms with E-state index in [2.05, 4.69) is 0 Å². The molecule has 4 heteroatoms. The molecule has 0 saturated carbocycles. The van der Waals surface area contributed by atoms with E-state index in [0.29, 0.717) is 5.69 Å². The molecule has 0 saturated heterocycles. The first-order valence-corrected chi connectivity index (χ1v) is 3.01. The van der Waals surface area contributed by atoms with E-state index in [1.54, 1.807) is 13.1 Å². The van der Waals surface area contributed by atoms with E-state index in [9.17, 15) is 4.79 Å². The molecule has 0 fully saturated rings. The minimum Gasteiger partial charge on any atom is -0.398 e. The van der Waals surface area contributed by atoms with Crippen molar-refractivity contribution in [2.45, 2.75) is 0 Å². The van der Waals surface area contributed by atoms with Crippen LogP contribution in [-0.2, 0) is 7.05 Å². The molecule has 0 amide bonds. The zero-order valence-corrected chi connectivity index (χ0v) is 6.03. The molecule has 0 spiro atoms. The van der Waals surface area contributed by atoms with Gasteiger partial charge in [0.15, 0.2) is 0 Å². The van der Waals surface area contributed by atoms with Gasteiger partial charge >= 0.3 is 0 Å². The summed E-state index contributed by atoms with van der Waals surface area (Å²) in [5.74, 6) is 0. The third-order valence-corrected chi connectivity index (χ3v) is 1.32. The maximum Gasteiger partial charge on any atom is 0.268 e. The normalized spacial score (nSPS) is 9.09. The summed E-state index contributed by atoms with van der Waals surface area (Å²) in [6.45, 7) is 0. The zero-order chi connectivity index (χ0) is 8.43. The molecular weight excluding hydrogens is 142 g/mol. The van der Waals surface area contributed by atoms with Crippen molar-refractivity contribution in [1.29, 1.82) is 5.26 Å². The summed E-state index contributed by atoms with van der Waals surface area (Å²) in [5.41, 5.74) is 5.57. The molecule has 1 aromatic heterocycles. The second-order valence-electron chi connectivity index (χ2n) is 2.21. The molecule has 1 aromatic rings. The SMILES string of the molecule is Cn1cc(N)cc(C#N)c1=O. The van der Waals surface area contributed by atoms with Gasteiger partial charge in [0.1, 0.15) is 11.6 Å². The summed E-state index contributed by atoms with van der Waals surface area (Å²) in [4.78, 5) is 11.0. The van der Waals surface area contributed by atoms with Gasteiger partial charge in [-0.3, -0.25) is 4.79 Å². The van der Waals surface area contributed by atoms with Gasteiger partial charge in [0.25, 0.3) is 5.56 Å². The van der Waals surface area contributed by atoms with Crippen molar-refractivity contribution in [3.63, 3.8) is 0 Å². The summed E-state index contributed by atoms with van der Waals surface area (Å²) >= 11 is 0. The van der Waals surface area contributed by atoms with Crippen LogP contribution in [0, 0.1) is 11.3 Å². The molecule has 0 aliphatic heterocycles. The van der Waals surface area contributed by atoms with Crippen molar-refractivity contribution in [3.8, 4) is 6.07 Å². The van der Waals surface area contributed by atoms with Gasteiger partial charge < -0.3 is 10.3 Å². The van der Waals surface area contributed by atoms with Crippen molar-refractivity contribution in [2.24, 2.45) is 7.05 Å². The Bertz CT molecular complexity index is 372. The highest BCUT2D eigenvalue weighted by molar-refractivity contribution is 5.42. The Hall–Kier alpha value is -1.76. The Morgan fingerprint density at radius 1 is 1.73 bits per heavy atom. The van der Waals surface area contributed by atoms with Crippen LogP contribution in [0.2, 0.25) is 0 Å². The van der Waals surface area contributed by atoms with Gasteiger partial charge in [-0.15, -0.1) is 0 Å². The molecule has 1 rings (SSSR count). The van der Waals surface area contributed by atoms with Crippen LogP contribution in [0.5, 0.6) is 0 Å². The zero-order valence-electron chi connectivity index (χ0n) is 6.03. The molecule has 0 aliphatic rings. The fraction of sp³-hybridized carbons (Fsp3) is 0.143. The van der Waals surface area contributed by atoms with Crippen LogP contribution in [0.3, 0.4) is 0 Å². The Balaban J connectivity index is 3.52. The van der Waals surface area contributed by atoms with Crippen molar-refractivity contribution in [1.82, 2.24) is 4.57 Å². The molecule has 56 valence electrons. The van der Waals surface area contributed by atoms with Crippen LogP contribution in [-0.4, -0.2) is 4.57 Å². The number of aryl methyl sites for hydroxylation is 1. The van der Waals surface area contributed by atoms with E-state index in [1.165, 1.54) is 16.8 Å². The number of nitriles is 1. The van der Waals surface area contributed by atoms with E-state index >= 15 is 0 Å². The molecule has 0 aliphatic carbocycles. The molecule has 11 heavy (non-hydrogen) atoms. The van der Waals surface area contributed by atoms with Crippen molar-refractivity contribution >= 4 is 5.69 Å². The smallest absolute Gasteiger partial charge is 0.268 e. The first kappa shape index (κ1) is 7.35. The van der Waals surface area contributed by atoms with E-state index < -0.39 is 0 Å². The second-order valence-corrected chi connectivity index (χ2v) is 2.21. The first-order chi connectivity index (χ1) is 5.15. The van der Waals surface area contributed by atoms with Crippen LogP contribution in [0.25, 0.3) is 0 Å². The topological polar surface area (TPSA) is 71.8 Å². The molecule has 0 unspecified atom stereocenters. The Morgan fingerprint density at radius 3 is 2.91 bits per heavy atom. The molecule has 0 aromatic carbocycles. The van der Waals surface area contributed by atoms with Crippen molar-refractivity contribution < 1.29 is 0 Å². The minimum absolute atomic E-state index is 0.0764. The maximum absolute atomic E-state index is 11.0. The predicted octanol–water partition coefficient (Wildman–Crippen LogP) is -0.161. The summed E-state index contributed by atoms with van der Waals surface area (Å²) in [7, 11) is 1.56. The van der Waals surface area contributed by atoms with Gasteiger partial charge in [-0.1, -0.05) is 0 Å². The highest BCUT2D eigenvalue weighted by Crippen LogP contribution is 1.98. The number of nitrogens with zero attached hydrogens (tertiary/aromatic N) is 2. The number of nitrogens with two attached hydrogens (primary N) is 1. The van der Waals surface area contributed by atoms with Gasteiger partial charge in [-0.05, 0) is 6.07 Å². The Morgan fingerprint density at radius 2 is 2.36 bits per heavy atom. The van der Waals surface area contributed by atoms with Crippen molar-refractivity contribution in [3.05, 3.63) is 28.2 Å². The molecule has 2 N–H and O–H groups in total. The van der Waals surface area contributed by atoms with Gasteiger partial charge in [-0.25, -0.2) is 0 Å². The fourth-order valence-corrected chi connectivity index (χ4v) is 0.818. The van der Waals surface area contributed by atoms with E-state index in [1.807, 2.05) is 0 Å². The van der Waals surface area contributed by atoms with Crippen LogP contribution in [0.4, 0.5) is 5.69 Å². The van der Waals surface area contributed by atoms with Gasteiger partial charge in [0, 0.05) is 18.9 Å². The third-order valence-electron chi connectivity index (χ3n) is 1.32. The number of pyridine rings is 1.